The van der Waals surface area contributed by atoms with Gasteiger partial charge in [0.05, 0.1) is 0 Å². The van der Waals surface area contributed by atoms with E-state index in [4.69, 9.17) is 23.2 Å². The van der Waals surface area contributed by atoms with Crippen LogP contribution in [0.5, 0.6) is 0 Å². The Labute approximate surface area is 103 Å². The van der Waals surface area contributed by atoms with E-state index in [0.717, 1.165) is 11.5 Å². The third-order valence-electron chi connectivity index (χ3n) is 0.901. The van der Waals surface area contributed by atoms with Crippen LogP contribution in [0.15, 0.2) is 0 Å². The molecule has 0 heterocycles. The van der Waals surface area contributed by atoms with E-state index >= 15 is 0 Å². The first-order chi connectivity index (χ1) is 5.71. The van der Waals surface area contributed by atoms with Crippen molar-refractivity contribution in [3.05, 3.63) is 0 Å². The minimum Gasteiger partial charge on any atom is -0.119 e. The Bertz CT molecular complexity index is 121. The Hall–Kier alpha value is 1.63. The van der Waals surface area contributed by atoms with Crippen LogP contribution in [0.4, 0.5) is 0 Å². The maximum absolute atomic E-state index is 6.03. The fraction of sp³-hybridized carbons (Fsp3) is 1.00. The molecule has 0 aliphatic heterocycles. The fourth-order valence-corrected chi connectivity index (χ4v) is 5.54. The summed E-state index contributed by atoms with van der Waals surface area (Å²) in [6, 6.07) is 0. The monoisotopic (exact) mass is 278 g/mol. The van der Waals surface area contributed by atoms with Crippen molar-refractivity contribution in [1.82, 2.24) is 0 Å². The average molecular weight is 279 g/mol. The van der Waals surface area contributed by atoms with Gasteiger partial charge in [-0.25, -0.2) is 0 Å². The van der Waals surface area contributed by atoms with Crippen LogP contribution in [-0.2, 0) is 0 Å². The molecule has 0 rings (SSSR count). The Kier molecular flexibility index (Phi) is 7.05. The van der Waals surface area contributed by atoms with Gasteiger partial charge >= 0.3 is 0 Å². The van der Waals surface area contributed by atoms with Crippen LogP contribution in [0, 0.1) is 0 Å². The average Bonchev–Trinajstić information content (AvgIpc) is 1.81. The molecule has 0 aliphatic carbocycles. The van der Waals surface area contributed by atoms with Crippen LogP contribution in [-0.4, -0.2) is 21.3 Å². The molecule has 0 aromatic rings. The lowest BCUT2D eigenvalue weighted by atomic mass is 10.3. The van der Waals surface area contributed by atoms with E-state index in [0.29, 0.717) is 0 Å². The van der Waals surface area contributed by atoms with Gasteiger partial charge in [0.1, 0.15) is 0 Å². The summed E-state index contributed by atoms with van der Waals surface area (Å²) in [6.07, 6.45) is 0. The second-order valence-corrected chi connectivity index (χ2v) is 10.3. The molecule has 5 heteroatoms. The first-order valence-corrected chi connectivity index (χ1v) is 8.57. The summed E-state index contributed by atoms with van der Waals surface area (Å²) < 4.78 is 0. The zero-order valence-corrected chi connectivity index (χ0v) is 12.4. The number of hydrogen-bond donors (Lipinski definition) is 0. The Morgan fingerprint density at radius 3 is 1.38 bits per heavy atom. The van der Waals surface area contributed by atoms with Gasteiger partial charge in [-0.15, -0.1) is 23.2 Å². The quantitative estimate of drug-likeness (QED) is 0.379. The van der Waals surface area contributed by atoms with Crippen molar-refractivity contribution in [2.75, 3.05) is 11.5 Å². The highest BCUT2D eigenvalue weighted by atomic mass is 35.5. The van der Waals surface area contributed by atoms with Gasteiger partial charge in [0.25, 0.3) is 0 Å². The summed E-state index contributed by atoms with van der Waals surface area (Å²) >= 11 is 12.1. The lowest BCUT2D eigenvalue weighted by Crippen LogP contribution is -2.13. The first-order valence-electron chi connectivity index (χ1n) is 4.00. The van der Waals surface area contributed by atoms with Gasteiger partial charge in [0, 0.05) is 21.3 Å². The Balaban J connectivity index is 3.28. The van der Waals surface area contributed by atoms with Gasteiger partial charge in [0.2, 0.25) is 0 Å². The van der Waals surface area contributed by atoms with Crippen LogP contribution < -0.4 is 0 Å². The van der Waals surface area contributed by atoms with Gasteiger partial charge < -0.3 is 0 Å². The maximum Gasteiger partial charge on any atom is 0.0489 e. The zero-order chi connectivity index (χ0) is 10.5. The third kappa shape index (κ3) is 13.6. The normalized spacial score (nSPS) is 13.4. The van der Waals surface area contributed by atoms with Crippen molar-refractivity contribution >= 4 is 54.6 Å². The van der Waals surface area contributed by atoms with E-state index in [2.05, 4.69) is 0 Å². The molecule has 0 spiro atoms. The topological polar surface area (TPSA) is 0 Å². The standard InChI is InChI=1S/C8H16Cl2S3/c1-7(2,9)5-11-13-12-6-8(3,4)10/h5-6H2,1-4H3. The van der Waals surface area contributed by atoms with Crippen molar-refractivity contribution in [2.24, 2.45) is 0 Å². The van der Waals surface area contributed by atoms with Crippen LogP contribution in [0.25, 0.3) is 0 Å². The van der Waals surface area contributed by atoms with Gasteiger partial charge in [0.15, 0.2) is 0 Å². The summed E-state index contributed by atoms with van der Waals surface area (Å²) in [7, 11) is 5.35. The molecule has 13 heavy (non-hydrogen) atoms. The van der Waals surface area contributed by atoms with Crippen molar-refractivity contribution in [3.8, 4) is 0 Å². The Morgan fingerprint density at radius 2 is 1.15 bits per heavy atom. The number of rotatable bonds is 6. The number of hydrogen-bond acceptors (Lipinski definition) is 3. The highest BCUT2D eigenvalue weighted by Gasteiger charge is 2.15. The van der Waals surface area contributed by atoms with Crippen molar-refractivity contribution < 1.29 is 0 Å². The maximum atomic E-state index is 6.03. The molecule has 0 aromatic carbocycles. The molecule has 0 amide bonds. The van der Waals surface area contributed by atoms with Gasteiger partial charge in [-0.3, -0.25) is 0 Å². The molecule has 0 saturated heterocycles. The summed E-state index contributed by atoms with van der Waals surface area (Å²) in [5.74, 6) is 1.91. The van der Waals surface area contributed by atoms with Crippen molar-refractivity contribution in [3.63, 3.8) is 0 Å². The molecular formula is C8H16Cl2S3. The molecule has 0 saturated carbocycles. The summed E-state index contributed by atoms with van der Waals surface area (Å²) in [5.41, 5.74) is 0. The number of halogens is 2. The summed E-state index contributed by atoms with van der Waals surface area (Å²) in [4.78, 5) is -0.205. The molecule has 0 bridgehead atoms. The summed E-state index contributed by atoms with van der Waals surface area (Å²) in [5, 5.41) is 0. The second-order valence-electron chi connectivity index (χ2n) is 4.03. The third-order valence-corrected chi connectivity index (χ3v) is 6.37. The predicted molar refractivity (Wildman–Crippen MR) is 72.4 cm³/mol. The van der Waals surface area contributed by atoms with E-state index in [-0.39, 0.29) is 9.75 Å². The molecule has 0 aromatic heterocycles. The minimum atomic E-state index is -0.102. The predicted octanol–water partition coefficient (Wildman–Crippen LogP) is 5.05. The highest BCUT2D eigenvalue weighted by Crippen LogP contribution is 2.39. The van der Waals surface area contributed by atoms with Crippen molar-refractivity contribution in [2.45, 2.75) is 37.4 Å². The number of alkyl halides is 2. The van der Waals surface area contributed by atoms with Crippen LogP contribution in [0.2, 0.25) is 0 Å². The molecule has 0 nitrogen and oxygen atoms in total. The van der Waals surface area contributed by atoms with E-state index in [1.807, 2.05) is 27.7 Å². The van der Waals surface area contributed by atoms with E-state index in [1.165, 1.54) is 0 Å². The lowest BCUT2D eigenvalue weighted by Gasteiger charge is -2.16. The first kappa shape index (κ1) is 14.6. The SMILES string of the molecule is CC(C)(Cl)CSSSCC(C)(C)Cl. The molecule has 80 valence electrons. The minimum absolute atomic E-state index is 0.102. The zero-order valence-electron chi connectivity index (χ0n) is 8.39. The largest absolute Gasteiger partial charge is 0.119 e. The van der Waals surface area contributed by atoms with Crippen LogP contribution >= 0.6 is 54.6 Å². The molecule has 0 N–H and O–H groups in total. The second kappa shape index (κ2) is 6.26. The van der Waals surface area contributed by atoms with E-state index in [9.17, 15) is 0 Å². The van der Waals surface area contributed by atoms with E-state index < -0.39 is 0 Å². The molecule has 0 radical (unpaired) electrons. The highest BCUT2D eigenvalue weighted by molar-refractivity contribution is 9.09. The van der Waals surface area contributed by atoms with Crippen LogP contribution in [0.3, 0.4) is 0 Å². The van der Waals surface area contributed by atoms with Gasteiger partial charge in [-0.05, 0) is 37.5 Å². The molecule has 0 atom stereocenters. The smallest absolute Gasteiger partial charge is 0.0489 e. The summed E-state index contributed by atoms with van der Waals surface area (Å²) in [6.45, 7) is 8.10. The molecule has 0 aliphatic rings. The Morgan fingerprint density at radius 1 is 0.846 bits per heavy atom. The fourth-order valence-electron chi connectivity index (χ4n) is 0.362. The van der Waals surface area contributed by atoms with Gasteiger partial charge in [-0.2, -0.15) is 0 Å². The van der Waals surface area contributed by atoms with Gasteiger partial charge in [-0.1, -0.05) is 21.6 Å². The van der Waals surface area contributed by atoms with Crippen LogP contribution in [0.1, 0.15) is 27.7 Å². The molecule has 0 fully saturated rings. The lowest BCUT2D eigenvalue weighted by molar-refractivity contribution is 0.803. The van der Waals surface area contributed by atoms with Crippen molar-refractivity contribution in [1.29, 1.82) is 0 Å². The molecule has 0 unspecified atom stereocenters. The van der Waals surface area contributed by atoms with E-state index in [1.54, 1.807) is 31.4 Å². The molecular weight excluding hydrogens is 263 g/mol.